The number of halogens is 3. The van der Waals surface area contributed by atoms with E-state index in [1.807, 2.05) is 0 Å². The van der Waals surface area contributed by atoms with Crippen molar-refractivity contribution in [2.75, 3.05) is 22.6 Å². The van der Waals surface area contributed by atoms with Crippen LogP contribution in [0.3, 0.4) is 0 Å². The summed E-state index contributed by atoms with van der Waals surface area (Å²) in [6.45, 7) is 3.96. The fourth-order valence-electron chi connectivity index (χ4n) is 3.91. The van der Waals surface area contributed by atoms with E-state index in [0.717, 1.165) is 18.9 Å². The molecule has 2 N–H and O–H groups in total. The molecular weight excluding hydrogens is 469 g/mol. The van der Waals surface area contributed by atoms with Crippen molar-refractivity contribution < 1.29 is 18.0 Å². The third-order valence-corrected chi connectivity index (χ3v) is 5.96. The van der Waals surface area contributed by atoms with Crippen molar-refractivity contribution in [3.8, 4) is 0 Å². The minimum Gasteiger partial charge on any atom is -0.351 e. The molecule has 1 aliphatic carbocycles. The molecule has 2 aromatic rings. The van der Waals surface area contributed by atoms with Gasteiger partial charge in [-0.2, -0.15) is 31.7 Å². The number of likely N-dealkylation sites (N-methyl/N-ethyl adjacent to an activating group) is 1. The summed E-state index contributed by atoms with van der Waals surface area (Å²) in [7, 11) is 1.81. The average Bonchev–Trinajstić information content (AvgIpc) is 2.66. The van der Waals surface area contributed by atoms with Crippen LogP contribution >= 0.6 is 13.5 Å². The van der Waals surface area contributed by atoms with Crippen molar-refractivity contribution in [3.05, 3.63) is 39.9 Å². The van der Waals surface area contributed by atoms with E-state index in [4.69, 9.17) is 0 Å². The molecule has 2 aromatic heterocycles. The number of aryl methyl sites for hydroxylation is 1. The smallest absolute Gasteiger partial charge is 0.351 e. The summed E-state index contributed by atoms with van der Waals surface area (Å²) < 4.78 is 39.4. The van der Waals surface area contributed by atoms with Gasteiger partial charge in [0, 0.05) is 31.9 Å². The van der Waals surface area contributed by atoms with Crippen LogP contribution < -0.4 is 21.1 Å². The monoisotopic (exact) mass is 502 g/mol. The van der Waals surface area contributed by atoms with Crippen LogP contribution in [-0.4, -0.2) is 39.6 Å². The van der Waals surface area contributed by atoms with Crippen LogP contribution in [0.5, 0.6) is 0 Å². The molecule has 0 radical (unpaired) electrons. The molecule has 0 aromatic carbocycles. The van der Waals surface area contributed by atoms with Crippen molar-refractivity contribution in [1.29, 1.82) is 0 Å². The number of hydrogen-bond acceptors (Lipinski definition) is 6. The first-order chi connectivity index (χ1) is 14.5. The quantitative estimate of drug-likeness (QED) is 0.656. The van der Waals surface area contributed by atoms with Gasteiger partial charge in [0.2, 0.25) is 11.9 Å². The maximum absolute atomic E-state index is 12.7. The number of anilines is 3. The summed E-state index contributed by atoms with van der Waals surface area (Å²) in [5.41, 5.74) is -0.326. The van der Waals surface area contributed by atoms with Crippen LogP contribution in [0.25, 0.3) is 0 Å². The molecule has 1 aliphatic heterocycles. The van der Waals surface area contributed by atoms with Crippen LogP contribution in [0.2, 0.25) is 0 Å². The van der Waals surface area contributed by atoms with Gasteiger partial charge in [-0.15, -0.1) is 0 Å². The molecule has 0 saturated heterocycles. The van der Waals surface area contributed by atoms with Gasteiger partial charge in [0.05, 0.1) is 11.3 Å². The van der Waals surface area contributed by atoms with E-state index >= 15 is 0 Å². The molecule has 1 atom stereocenters. The summed E-state index contributed by atoms with van der Waals surface area (Å²) >= 11 is 0. The van der Waals surface area contributed by atoms with Gasteiger partial charge in [-0.3, -0.25) is 9.59 Å². The van der Waals surface area contributed by atoms with Crippen LogP contribution in [0.15, 0.2) is 23.1 Å². The SMILES string of the molecule is C.C.Cc1nc(NC2CC(Cn3ccc(C(F)(F)F)cc3=O)C2)nc2c1NC(=O)[C@H](C)N2C.S. The largest absolute Gasteiger partial charge is 0.416 e. The van der Waals surface area contributed by atoms with E-state index in [1.165, 1.54) is 10.8 Å². The highest BCUT2D eigenvalue weighted by atomic mass is 32.1. The van der Waals surface area contributed by atoms with E-state index in [1.54, 1.807) is 25.8 Å². The molecule has 4 rings (SSSR count). The van der Waals surface area contributed by atoms with Crippen molar-refractivity contribution in [2.45, 2.75) is 66.3 Å². The molecule has 190 valence electrons. The van der Waals surface area contributed by atoms with Crippen molar-refractivity contribution in [3.63, 3.8) is 0 Å². The topological polar surface area (TPSA) is 92.1 Å². The lowest BCUT2D eigenvalue weighted by molar-refractivity contribution is -0.137. The Morgan fingerprint density at radius 2 is 1.85 bits per heavy atom. The number of carbonyl (C=O) groups is 1. The molecule has 1 saturated carbocycles. The third kappa shape index (κ3) is 5.65. The fourth-order valence-corrected chi connectivity index (χ4v) is 3.91. The zero-order chi connectivity index (χ0) is 22.5. The number of nitrogens with zero attached hydrogens (tertiary/aromatic N) is 4. The zero-order valence-electron chi connectivity index (χ0n) is 17.8. The van der Waals surface area contributed by atoms with Gasteiger partial charge in [-0.25, -0.2) is 4.98 Å². The summed E-state index contributed by atoms with van der Waals surface area (Å²) in [6, 6.07) is 1.32. The summed E-state index contributed by atoms with van der Waals surface area (Å²) in [6.07, 6.45) is -1.83. The lowest BCUT2D eigenvalue weighted by Crippen LogP contribution is -2.45. The lowest BCUT2D eigenvalue weighted by atomic mass is 9.80. The van der Waals surface area contributed by atoms with Gasteiger partial charge in [0.25, 0.3) is 5.56 Å². The second-order valence-electron chi connectivity index (χ2n) is 8.19. The van der Waals surface area contributed by atoms with E-state index in [-0.39, 0.29) is 52.3 Å². The van der Waals surface area contributed by atoms with Crippen LogP contribution in [0, 0.1) is 12.8 Å². The van der Waals surface area contributed by atoms with Crippen molar-refractivity contribution in [2.24, 2.45) is 5.92 Å². The van der Waals surface area contributed by atoms with Crippen LogP contribution in [-0.2, 0) is 17.5 Å². The molecule has 3 heterocycles. The zero-order valence-corrected chi connectivity index (χ0v) is 18.8. The fraction of sp³-hybridized carbons (Fsp3) is 0.545. The number of pyridine rings is 1. The Kier molecular flexibility index (Phi) is 9.18. The van der Waals surface area contributed by atoms with Gasteiger partial charge < -0.3 is 20.1 Å². The number of carbonyl (C=O) groups excluding carboxylic acids is 1. The Morgan fingerprint density at radius 1 is 1.21 bits per heavy atom. The highest BCUT2D eigenvalue weighted by Gasteiger charge is 2.34. The number of nitrogens with one attached hydrogen (secondary N) is 2. The first-order valence-electron chi connectivity index (χ1n) is 9.99. The highest BCUT2D eigenvalue weighted by Crippen LogP contribution is 2.35. The normalized spacial score (nSPS) is 21.1. The average molecular weight is 503 g/mol. The maximum atomic E-state index is 12.7. The Labute approximate surface area is 204 Å². The van der Waals surface area contributed by atoms with Gasteiger partial charge in [0.1, 0.15) is 11.7 Å². The molecular formula is C22H33F3N6O2S. The minimum atomic E-state index is -4.52. The van der Waals surface area contributed by atoms with Gasteiger partial charge in [-0.05, 0) is 38.7 Å². The van der Waals surface area contributed by atoms with Gasteiger partial charge in [0.15, 0.2) is 5.82 Å². The second kappa shape index (κ2) is 10.7. The Balaban J connectivity index is 0.00000193. The van der Waals surface area contributed by atoms with Gasteiger partial charge >= 0.3 is 6.18 Å². The third-order valence-electron chi connectivity index (χ3n) is 5.96. The minimum absolute atomic E-state index is 0. The molecule has 2 aliphatic rings. The number of amides is 1. The Hall–Kier alpha value is -2.76. The van der Waals surface area contributed by atoms with Crippen molar-refractivity contribution in [1.82, 2.24) is 14.5 Å². The number of fused-ring (bicyclic) bond motifs is 1. The lowest BCUT2D eigenvalue weighted by Gasteiger charge is -2.37. The van der Waals surface area contributed by atoms with Crippen molar-refractivity contribution >= 4 is 36.9 Å². The van der Waals surface area contributed by atoms with E-state index in [0.29, 0.717) is 35.8 Å². The number of rotatable bonds is 4. The Morgan fingerprint density at radius 3 is 2.44 bits per heavy atom. The van der Waals surface area contributed by atoms with Crippen LogP contribution in [0.1, 0.15) is 45.9 Å². The summed E-state index contributed by atoms with van der Waals surface area (Å²) in [5.74, 6) is 1.17. The van der Waals surface area contributed by atoms with E-state index in [9.17, 15) is 22.8 Å². The first kappa shape index (κ1) is 29.3. The second-order valence-corrected chi connectivity index (χ2v) is 8.19. The molecule has 1 amide bonds. The van der Waals surface area contributed by atoms with Gasteiger partial charge in [-0.1, -0.05) is 14.9 Å². The molecule has 8 nitrogen and oxygen atoms in total. The summed E-state index contributed by atoms with van der Waals surface area (Å²) in [5, 5.41) is 6.11. The highest BCUT2D eigenvalue weighted by molar-refractivity contribution is 7.59. The number of hydrogen-bond donors (Lipinski definition) is 2. The molecule has 12 heteroatoms. The predicted octanol–water partition coefficient (Wildman–Crippen LogP) is 4.02. The number of alkyl halides is 3. The maximum Gasteiger partial charge on any atom is 0.416 e. The first-order valence-corrected chi connectivity index (χ1v) is 9.99. The molecule has 0 spiro atoms. The molecule has 34 heavy (non-hydrogen) atoms. The standard InChI is InChI=1S/C20H23F3N6O2.2CH4.H2S/c1-10-16-17(28(3)11(2)18(31)26-16)27-19(24-10)25-14-6-12(7-14)9-29-5-4-13(8-15(29)30)20(21,22)23;;;/h4-5,8,11-12,14H,6-7,9H2,1-3H3,(H,26,31)(H,24,25,27);2*1H4;1H2/t11-,12?,14?;;;/m0.../s1. The number of aromatic nitrogens is 3. The molecule has 1 fully saturated rings. The predicted molar refractivity (Wildman–Crippen MR) is 133 cm³/mol. The Bertz CT molecular complexity index is 1090. The van der Waals surface area contributed by atoms with E-state index < -0.39 is 17.3 Å². The summed E-state index contributed by atoms with van der Waals surface area (Å²) in [4.78, 5) is 34.8. The van der Waals surface area contributed by atoms with Crippen LogP contribution in [0.4, 0.5) is 30.6 Å². The molecule has 0 unspecified atom stereocenters. The molecule has 0 bridgehead atoms. The van der Waals surface area contributed by atoms with E-state index in [2.05, 4.69) is 20.6 Å².